The van der Waals surface area contributed by atoms with E-state index in [0.717, 1.165) is 12.8 Å². The molecule has 4 rings (SSSR count). The zero-order chi connectivity index (χ0) is 15.8. The quantitative estimate of drug-likeness (QED) is 0.871. The summed E-state index contributed by atoms with van der Waals surface area (Å²) in [7, 11) is 0. The van der Waals surface area contributed by atoms with Gasteiger partial charge in [0.2, 0.25) is 0 Å². The maximum atomic E-state index is 14.6. The Morgan fingerprint density at radius 3 is 2.30 bits per heavy atom. The third-order valence-electron chi connectivity index (χ3n) is 4.53. The predicted molar refractivity (Wildman–Crippen MR) is 84.8 cm³/mol. The summed E-state index contributed by atoms with van der Waals surface area (Å²) in [6.45, 7) is 2.52. The molecule has 2 heterocycles. The first-order valence-electron chi connectivity index (χ1n) is 7.99. The zero-order valence-corrected chi connectivity index (χ0v) is 12.8. The highest BCUT2D eigenvalue weighted by Crippen LogP contribution is 2.41. The molecule has 120 valence electrons. The number of benzene rings is 1. The standard InChI is InChI=1S/C17H18F2N4/c18-13-3-1-2-4-14(13)22-7-9-23(10-8-22)17-15(19)16(12-5-6-12)20-11-21-17/h1-4,11-12H,5-10H2. The Morgan fingerprint density at radius 1 is 0.913 bits per heavy atom. The molecule has 23 heavy (non-hydrogen) atoms. The molecule has 0 amide bonds. The fraction of sp³-hybridized carbons (Fsp3) is 0.412. The van der Waals surface area contributed by atoms with Crippen LogP contribution in [-0.2, 0) is 0 Å². The smallest absolute Gasteiger partial charge is 0.187 e. The van der Waals surface area contributed by atoms with E-state index in [1.807, 2.05) is 15.9 Å². The van der Waals surface area contributed by atoms with Crippen LogP contribution in [0.5, 0.6) is 0 Å². The van der Waals surface area contributed by atoms with Crippen molar-refractivity contribution in [2.45, 2.75) is 18.8 Å². The SMILES string of the molecule is Fc1ccccc1N1CCN(c2ncnc(C3CC3)c2F)CC1. The first-order chi connectivity index (χ1) is 11.2. The Kier molecular flexibility index (Phi) is 3.59. The maximum absolute atomic E-state index is 14.6. The van der Waals surface area contributed by atoms with Crippen LogP contribution in [-0.4, -0.2) is 36.1 Å². The maximum Gasteiger partial charge on any atom is 0.187 e. The van der Waals surface area contributed by atoms with Crippen LogP contribution in [0.15, 0.2) is 30.6 Å². The lowest BCUT2D eigenvalue weighted by atomic mass is 10.2. The number of nitrogens with zero attached hydrogens (tertiary/aromatic N) is 4. The zero-order valence-electron chi connectivity index (χ0n) is 12.8. The van der Waals surface area contributed by atoms with E-state index in [9.17, 15) is 8.78 Å². The molecule has 0 unspecified atom stereocenters. The van der Waals surface area contributed by atoms with Crippen LogP contribution in [0.4, 0.5) is 20.3 Å². The van der Waals surface area contributed by atoms with E-state index < -0.39 is 0 Å². The molecule has 1 aromatic heterocycles. The van der Waals surface area contributed by atoms with E-state index in [4.69, 9.17) is 0 Å². The molecule has 4 nitrogen and oxygen atoms in total. The molecule has 0 spiro atoms. The second-order valence-electron chi connectivity index (χ2n) is 6.10. The minimum atomic E-state index is -0.283. The molecule has 1 aromatic carbocycles. The van der Waals surface area contributed by atoms with Crippen LogP contribution < -0.4 is 9.80 Å². The lowest BCUT2D eigenvalue weighted by molar-refractivity contribution is 0.561. The lowest BCUT2D eigenvalue weighted by Gasteiger charge is -2.36. The molecule has 1 aliphatic heterocycles. The highest BCUT2D eigenvalue weighted by molar-refractivity contribution is 5.51. The van der Waals surface area contributed by atoms with Crippen molar-refractivity contribution >= 4 is 11.5 Å². The summed E-state index contributed by atoms with van der Waals surface area (Å²) in [6, 6.07) is 6.76. The molecule has 0 N–H and O–H groups in total. The van der Waals surface area contributed by atoms with Gasteiger partial charge in [0, 0.05) is 32.1 Å². The highest BCUT2D eigenvalue weighted by Gasteiger charge is 2.31. The number of halogens is 2. The molecule has 1 saturated heterocycles. The van der Waals surface area contributed by atoms with Crippen molar-refractivity contribution in [3.63, 3.8) is 0 Å². The summed E-state index contributed by atoms with van der Waals surface area (Å²) < 4.78 is 28.5. The summed E-state index contributed by atoms with van der Waals surface area (Å²) in [5.74, 6) is 0.145. The van der Waals surface area contributed by atoms with Gasteiger partial charge in [-0.15, -0.1) is 0 Å². The molecule has 1 aliphatic carbocycles. The average Bonchev–Trinajstić information content (AvgIpc) is 3.41. The minimum absolute atomic E-state index is 0.217. The van der Waals surface area contributed by atoms with Gasteiger partial charge >= 0.3 is 0 Å². The monoisotopic (exact) mass is 316 g/mol. The third-order valence-corrected chi connectivity index (χ3v) is 4.53. The van der Waals surface area contributed by atoms with Crippen molar-refractivity contribution in [1.82, 2.24) is 9.97 Å². The van der Waals surface area contributed by atoms with Gasteiger partial charge in [0.25, 0.3) is 0 Å². The molecule has 0 atom stereocenters. The molecule has 1 saturated carbocycles. The number of hydrogen-bond acceptors (Lipinski definition) is 4. The largest absolute Gasteiger partial charge is 0.366 e. The Hall–Kier alpha value is -2.24. The average molecular weight is 316 g/mol. The number of piperazine rings is 1. The molecule has 0 bridgehead atoms. The molecular weight excluding hydrogens is 298 g/mol. The summed E-state index contributed by atoms with van der Waals surface area (Å²) in [5.41, 5.74) is 1.15. The van der Waals surface area contributed by atoms with Crippen LogP contribution >= 0.6 is 0 Å². The molecular formula is C17H18F2N4. The Bertz CT molecular complexity index is 709. The fourth-order valence-corrected chi connectivity index (χ4v) is 3.10. The first kappa shape index (κ1) is 14.4. The second-order valence-corrected chi connectivity index (χ2v) is 6.10. The predicted octanol–water partition coefficient (Wildman–Crippen LogP) is 2.96. The lowest BCUT2D eigenvalue weighted by Crippen LogP contribution is -2.47. The van der Waals surface area contributed by atoms with E-state index in [-0.39, 0.29) is 17.6 Å². The summed E-state index contributed by atoms with van der Waals surface area (Å²) in [6.07, 6.45) is 3.47. The molecule has 2 aliphatic rings. The van der Waals surface area contributed by atoms with Crippen LogP contribution in [0.3, 0.4) is 0 Å². The number of anilines is 2. The van der Waals surface area contributed by atoms with Gasteiger partial charge in [-0.25, -0.2) is 18.7 Å². The Balaban J connectivity index is 1.50. The van der Waals surface area contributed by atoms with Crippen molar-refractivity contribution in [1.29, 1.82) is 0 Å². The highest BCUT2D eigenvalue weighted by atomic mass is 19.1. The number of rotatable bonds is 3. The summed E-state index contributed by atoms with van der Waals surface area (Å²) >= 11 is 0. The van der Waals surface area contributed by atoms with Gasteiger partial charge in [0.1, 0.15) is 12.1 Å². The van der Waals surface area contributed by atoms with E-state index >= 15 is 0 Å². The van der Waals surface area contributed by atoms with Gasteiger partial charge in [0.05, 0.1) is 11.4 Å². The normalized spacial score (nSPS) is 18.3. The van der Waals surface area contributed by atoms with Gasteiger partial charge in [-0.2, -0.15) is 0 Å². The van der Waals surface area contributed by atoms with Crippen molar-refractivity contribution in [3.8, 4) is 0 Å². The van der Waals surface area contributed by atoms with Crippen molar-refractivity contribution in [2.24, 2.45) is 0 Å². The van der Waals surface area contributed by atoms with E-state index in [1.54, 1.807) is 12.1 Å². The van der Waals surface area contributed by atoms with Crippen molar-refractivity contribution in [3.05, 3.63) is 47.9 Å². The topological polar surface area (TPSA) is 32.3 Å². The van der Waals surface area contributed by atoms with Crippen LogP contribution in [0.2, 0.25) is 0 Å². The third kappa shape index (κ3) is 2.73. The number of hydrogen-bond donors (Lipinski definition) is 0. The summed E-state index contributed by atoms with van der Waals surface area (Å²) in [5, 5.41) is 0. The minimum Gasteiger partial charge on any atom is -0.366 e. The van der Waals surface area contributed by atoms with E-state index in [1.165, 1.54) is 12.4 Å². The van der Waals surface area contributed by atoms with Gasteiger partial charge in [0.15, 0.2) is 11.6 Å². The van der Waals surface area contributed by atoms with Gasteiger partial charge in [-0.05, 0) is 25.0 Å². The Morgan fingerprint density at radius 2 is 1.61 bits per heavy atom. The molecule has 0 radical (unpaired) electrons. The molecule has 2 fully saturated rings. The molecule has 6 heteroatoms. The van der Waals surface area contributed by atoms with Gasteiger partial charge in [-0.3, -0.25) is 0 Å². The Labute approximate surface area is 133 Å². The molecule has 2 aromatic rings. The van der Waals surface area contributed by atoms with Crippen LogP contribution in [0.25, 0.3) is 0 Å². The van der Waals surface area contributed by atoms with Gasteiger partial charge in [-0.1, -0.05) is 12.1 Å². The number of aromatic nitrogens is 2. The summed E-state index contributed by atoms with van der Waals surface area (Å²) in [4.78, 5) is 12.2. The van der Waals surface area contributed by atoms with Crippen molar-refractivity contribution in [2.75, 3.05) is 36.0 Å². The van der Waals surface area contributed by atoms with Crippen LogP contribution in [0, 0.1) is 11.6 Å². The van der Waals surface area contributed by atoms with Crippen LogP contribution in [0.1, 0.15) is 24.5 Å². The number of para-hydroxylation sites is 1. The van der Waals surface area contributed by atoms with Gasteiger partial charge < -0.3 is 9.80 Å². The van der Waals surface area contributed by atoms with Crippen molar-refractivity contribution < 1.29 is 8.78 Å². The second kappa shape index (κ2) is 5.76. The van der Waals surface area contributed by atoms with E-state index in [0.29, 0.717) is 43.4 Å². The van der Waals surface area contributed by atoms with E-state index in [2.05, 4.69) is 9.97 Å². The first-order valence-corrected chi connectivity index (χ1v) is 7.99. The fourth-order valence-electron chi connectivity index (χ4n) is 3.10.